The van der Waals surface area contributed by atoms with Gasteiger partial charge in [0.25, 0.3) is 5.91 Å². The first-order valence-corrected chi connectivity index (χ1v) is 5.81. The van der Waals surface area contributed by atoms with Crippen LogP contribution in [0.1, 0.15) is 10.5 Å². The third-order valence-electron chi connectivity index (χ3n) is 2.22. The van der Waals surface area contributed by atoms with Gasteiger partial charge < -0.3 is 5.32 Å². The van der Waals surface area contributed by atoms with Gasteiger partial charge in [-0.2, -0.15) is 0 Å². The summed E-state index contributed by atoms with van der Waals surface area (Å²) in [6, 6.07) is 10.2. The van der Waals surface area contributed by atoms with Crippen molar-refractivity contribution in [3.05, 3.63) is 54.5 Å². The maximum absolute atomic E-state index is 12.0. The molecule has 96 valence electrons. The average molecular weight is 273 g/mol. The minimum atomic E-state index is -0.492. The van der Waals surface area contributed by atoms with E-state index < -0.39 is 5.91 Å². The van der Waals surface area contributed by atoms with Crippen molar-refractivity contribution in [2.45, 2.75) is 0 Å². The Labute approximate surface area is 115 Å². The summed E-state index contributed by atoms with van der Waals surface area (Å²) in [6.45, 7) is 0. The zero-order valence-corrected chi connectivity index (χ0v) is 10.7. The fourth-order valence-electron chi connectivity index (χ4n) is 1.31. The molecule has 2 aromatic rings. The second-order valence-electron chi connectivity index (χ2n) is 3.54. The Balaban J connectivity index is 2.06. The molecule has 2 aromatic heterocycles. The van der Waals surface area contributed by atoms with E-state index in [9.17, 15) is 4.79 Å². The van der Waals surface area contributed by atoms with Crippen LogP contribution in [0.2, 0.25) is 0 Å². The number of carbonyl (C=O) groups is 1. The summed E-state index contributed by atoms with van der Waals surface area (Å²) < 4.78 is 0. The molecule has 19 heavy (non-hydrogen) atoms. The van der Waals surface area contributed by atoms with Crippen LogP contribution in [0.15, 0.2) is 48.8 Å². The number of carbonyl (C=O) groups excluding carboxylic acids is 1. The standard InChI is InChI=1S/C12H11N5OS/c13-17(11(18)9-5-1-3-7-14-9)12(19)16-10-6-2-4-8-15-10/h1-8H,13H2,(H,15,16,19). The number of hydrogen-bond acceptors (Lipinski definition) is 5. The molecular weight excluding hydrogens is 262 g/mol. The van der Waals surface area contributed by atoms with Gasteiger partial charge in [0.1, 0.15) is 11.5 Å². The fourth-order valence-corrected chi connectivity index (χ4v) is 1.50. The van der Waals surface area contributed by atoms with Crippen LogP contribution in [0.5, 0.6) is 0 Å². The van der Waals surface area contributed by atoms with Gasteiger partial charge in [-0.25, -0.2) is 15.8 Å². The highest BCUT2D eigenvalue weighted by Crippen LogP contribution is 2.03. The zero-order valence-electron chi connectivity index (χ0n) is 9.85. The van der Waals surface area contributed by atoms with E-state index in [0.29, 0.717) is 5.82 Å². The molecule has 2 rings (SSSR count). The predicted molar refractivity (Wildman–Crippen MR) is 75.1 cm³/mol. The topological polar surface area (TPSA) is 84.1 Å². The lowest BCUT2D eigenvalue weighted by atomic mass is 10.3. The van der Waals surface area contributed by atoms with Gasteiger partial charge in [0.2, 0.25) is 0 Å². The highest BCUT2D eigenvalue weighted by Gasteiger charge is 2.17. The van der Waals surface area contributed by atoms with E-state index in [1.165, 1.54) is 6.20 Å². The third-order valence-corrected chi connectivity index (χ3v) is 2.52. The van der Waals surface area contributed by atoms with Crippen LogP contribution in [0.25, 0.3) is 0 Å². The van der Waals surface area contributed by atoms with E-state index in [0.717, 1.165) is 5.01 Å². The average Bonchev–Trinajstić information content (AvgIpc) is 2.47. The second-order valence-corrected chi connectivity index (χ2v) is 3.92. The monoisotopic (exact) mass is 273 g/mol. The summed E-state index contributed by atoms with van der Waals surface area (Å²) >= 11 is 5.04. The van der Waals surface area contributed by atoms with Gasteiger partial charge in [-0.1, -0.05) is 12.1 Å². The molecule has 0 aliphatic heterocycles. The van der Waals surface area contributed by atoms with Crippen LogP contribution in [-0.4, -0.2) is 26.0 Å². The Morgan fingerprint density at radius 3 is 2.42 bits per heavy atom. The van der Waals surface area contributed by atoms with Crippen molar-refractivity contribution in [3.8, 4) is 0 Å². The number of hydrogen-bond donors (Lipinski definition) is 2. The first kappa shape index (κ1) is 13.1. The fraction of sp³-hybridized carbons (Fsp3) is 0. The maximum atomic E-state index is 12.0. The number of thiocarbonyl (C=S) groups is 1. The third kappa shape index (κ3) is 3.30. The zero-order chi connectivity index (χ0) is 13.7. The smallest absolute Gasteiger partial charge is 0.292 e. The van der Waals surface area contributed by atoms with Crippen molar-refractivity contribution in [3.63, 3.8) is 0 Å². The lowest BCUT2D eigenvalue weighted by Gasteiger charge is -2.17. The Hall–Kier alpha value is -2.38. The van der Waals surface area contributed by atoms with Crippen molar-refractivity contribution >= 4 is 29.1 Å². The molecule has 0 saturated carbocycles. The lowest BCUT2D eigenvalue weighted by molar-refractivity contribution is 0.0844. The molecule has 0 saturated heterocycles. The number of rotatable bonds is 2. The second kappa shape index (κ2) is 5.98. The number of nitrogens with two attached hydrogens (primary N) is 1. The molecule has 0 atom stereocenters. The molecule has 0 aliphatic rings. The van der Waals surface area contributed by atoms with E-state index in [1.807, 2.05) is 0 Å². The maximum Gasteiger partial charge on any atom is 0.292 e. The number of pyridine rings is 2. The van der Waals surface area contributed by atoms with Crippen molar-refractivity contribution in [1.29, 1.82) is 0 Å². The van der Waals surface area contributed by atoms with Crippen LogP contribution in [0.4, 0.5) is 5.82 Å². The highest BCUT2D eigenvalue weighted by molar-refractivity contribution is 7.80. The van der Waals surface area contributed by atoms with Crippen LogP contribution < -0.4 is 11.2 Å². The van der Waals surface area contributed by atoms with Gasteiger partial charge in [-0.05, 0) is 36.5 Å². The molecule has 0 aromatic carbocycles. The number of hydrazine groups is 1. The molecule has 0 radical (unpaired) electrons. The summed E-state index contributed by atoms with van der Waals surface area (Å²) in [5, 5.41) is 3.64. The molecule has 3 N–H and O–H groups in total. The normalized spacial score (nSPS) is 9.74. The molecule has 6 nitrogen and oxygen atoms in total. The molecule has 7 heteroatoms. The van der Waals surface area contributed by atoms with E-state index in [2.05, 4.69) is 15.3 Å². The lowest BCUT2D eigenvalue weighted by Crippen LogP contribution is -2.45. The predicted octanol–water partition coefficient (Wildman–Crippen LogP) is 1.19. The number of aromatic nitrogens is 2. The number of anilines is 1. The largest absolute Gasteiger partial charge is 0.316 e. The molecule has 0 spiro atoms. The van der Waals surface area contributed by atoms with Crippen molar-refractivity contribution < 1.29 is 4.79 Å². The molecule has 0 fully saturated rings. The number of nitrogens with zero attached hydrogens (tertiary/aromatic N) is 3. The Morgan fingerprint density at radius 1 is 1.16 bits per heavy atom. The van der Waals surface area contributed by atoms with Crippen LogP contribution >= 0.6 is 12.2 Å². The first-order chi connectivity index (χ1) is 9.18. The van der Waals surface area contributed by atoms with Crippen molar-refractivity contribution in [2.75, 3.05) is 5.32 Å². The molecule has 1 amide bonds. The Kier molecular flexibility index (Phi) is 4.11. The number of nitrogens with one attached hydrogen (secondary N) is 1. The molecule has 0 aliphatic carbocycles. The minimum absolute atomic E-state index is 0.0503. The molecular formula is C12H11N5OS. The molecule has 2 heterocycles. The Morgan fingerprint density at radius 2 is 1.84 bits per heavy atom. The summed E-state index contributed by atoms with van der Waals surface area (Å²) in [4.78, 5) is 19.9. The summed E-state index contributed by atoms with van der Waals surface area (Å²) in [5.74, 6) is 5.67. The summed E-state index contributed by atoms with van der Waals surface area (Å²) in [5.41, 5.74) is 0.218. The van der Waals surface area contributed by atoms with E-state index in [4.69, 9.17) is 18.1 Å². The van der Waals surface area contributed by atoms with Gasteiger partial charge in [0.05, 0.1) is 0 Å². The quantitative estimate of drug-likeness (QED) is 0.370. The minimum Gasteiger partial charge on any atom is -0.316 e. The summed E-state index contributed by atoms with van der Waals surface area (Å²) in [7, 11) is 0. The van der Waals surface area contributed by atoms with Crippen LogP contribution in [-0.2, 0) is 0 Å². The van der Waals surface area contributed by atoms with Crippen molar-refractivity contribution in [1.82, 2.24) is 15.0 Å². The van der Waals surface area contributed by atoms with E-state index in [1.54, 1.807) is 42.6 Å². The SMILES string of the molecule is NN(C(=O)c1ccccn1)C(=S)Nc1ccccn1. The Bertz CT molecular complexity index is 575. The van der Waals surface area contributed by atoms with Gasteiger partial charge in [-0.3, -0.25) is 9.78 Å². The summed E-state index contributed by atoms with van der Waals surface area (Å²) in [6.07, 6.45) is 3.11. The van der Waals surface area contributed by atoms with E-state index in [-0.39, 0.29) is 10.8 Å². The van der Waals surface area contributed by atoms with Crippen LogP contribution in [0, 0.1) is 0 Å². The molecule has 0 bridgehead atoms. The van der Waals surface area contributed by atoms with Gasteiger partial charge in [-0.15, -0.1) is 0 Å². The first-order valence-electron chi connectivity index (χ1n) is 5.40. The van der Waals surface area contributed by atoms with Crippen LogP contribution in [0.3, 0.4) is 0 Å². The van der Waals surface area contributed by atoms with Gasteiger partial charge in [0.15, 0.2) is 5.11 Å². The van der Waals surface area contributed by atoms with Crippen molar-refractivity contribution in [2.24, 2.45) is 5.84 Å². The van der Waals surface area contributed by atoms with E-state index >= 15 is 0 Å². The van der Waals surface area contributed by atoms with Gasteiger partial charge in [0, 0.05) is 12.4 Å². The highest BCUT2D eigenvalue weighted by atomic mass is 32.1. The van der Waals surface area contributed by atoms with Gasteiger partial charge >= 0.3 is 0 Å². The molecule has 0 unspecified atom stereocenters. The number of amides is 1.